The van der Waals surface area contributed by atoms with Crippen LogP contribution in [0.5, 0.6) is 0 Å². The van der Waals surface area contributed by atoms with Crippen molar-refractivity contribution in [2.45, 2.75) is 45.7 Å². The summed E-state index contributed by atoms with van der Waals surface area (Å²) in [5.74, 6) is 0.758. The van der Waals surface area contributed by atoms with Crippen molar-refractivity contribution in [2.75, 3.05) is 19.6 Å². The van der Waals surface area contributed by atoms with E-state index in [-0.39, 0.29) is 5.54 Å². The Kier molecular flexibility index (Phi) is 4.64. The summed E-state index contributed by atoms with van der Waals surface area (Å²) in [6, 6.07) is 11.5. The first-order valence-electron chi connectivity index (χ1n) is 7.60. The molecule has 0 spiro atoms. The van der Waals surface area contributed by atoms with Crippen LogP contribution in [-0.2, 0) is 5.54 Å². The molecule has 1 aromatic rings. The number of nitrogens with zero attached hydrogens (tertiary/aromatic N) is 1. The fourth-order valence-corrected chi connectivity index (χ4v) is 2.94. The monoisotopic (exact) mass is 260 g/mol. The highest BCUT2D eigenvalue weighted by Crippen LogP contribution is 2.31. The van der Waals surface area contributed by atoms with Gasteiger partial charge in [-0.25, -0.2) is 0 Å². The summed E-state index contributed by atoms with van der Waals surface area (Å²) in [6.45, 7) is 12.7. The Balaban J connectivity index is 2.24. The van der Waals surface area contributed by atoms with Crippen LogP contribution in [0.15, 0.2) is 30.3 Å². The number of nitrogens with one attached hydrogen (secondary N) is 1. The van der Waals surface area contributed by atoms with E-state index in [2.05, 4.69) is 68.2 Å². The Bertz CT molecular complexity index is 390. The second-order valence-corrected chi connectivity index (χ2v) is 6.34. The number of piperazine rings is 1. The average Bonchev–Trinajstić information content (AvgIpc) is 2.44. The Hall–Kier alpha value is -0.860. The second kappa shape index (κ2) is 6.06. The first-order chi connectivity index (χ1) is 9.06. The maximum absolute atomic E-state index is 3.65. The minimum atomic E-state index is 0.122. The fraction of sp³-hybridized carbons (Fsp3) is 0.647. The fourth-order valence-electron chi connectivity index (χ4n) is 2.94. The van der Waals surface area contributed by atoms with Crippen LogP contribution >= 0.6 is 0 Å². The molecule has 1 heterocycles. The van der Waals surface area contributed by atoms with Crippen molar-refractivity contribution in [3.05, 3.63) is 35.9 Å². The van der Waals surface area contributed by atoms with Crippen LogP contribution in [0.3, 0.4) is 0 Å². The molecule has 0 bridgehead atoms. The van der Waals surface area contributed by atoms with Gasteiger partial charge in [-0.05, 0) is 25.3 Å². The number of hydrogen-bond donors (Lipinski definition) is 1. The van der Waals surface area contributed by atoms with E-state index >= 15 is 0 Å². The molecule has 1 aromatic carbocycles. The molecule has 0 saturated carbocycles. The summed E-state index contributed by atoms with van der Waals surface area (Å²) in [6.07, 6.45) is 1.25. The first-order valence-corrected chi connectivity index (χ1v) is 7.60. The molecule has 3 unspecified atom stereocenters. The largest absolute Gasteiger partial charge is 0.311 e. The zero-order valence-corrected chi connectivity index (χ0v) is 12.8. The predicted molar refractivity (Wildman–Crippen MR) is 82.3 cm³/mol. The third-order valence-electron chi connectivity index (χ3n) is 4.61. The second-order valence-electron chi connectivity index (χ2n) is 6.34. The van der Waals surface area contributed by atoms with Crippen LogP contribution in [0.1, 0.15) is 39.7 Å². The zero-order chi connectivity index (χ0) is 13.9. The highest BCUT2D eigenvalue weighted by Gasteiger charge is 2.38. The van der Waals surface area contributed by atoms with Gasteiger partial charge in [0.2, 0.25) is 0 Å². The van der Waals surface area contributed by atoms with Gasteiger partial charge in [0.15, 0.2) is 0 Å². The van der Waals surface area contributed by atoms with Gasteiger partial charge in [-0.3, -0.25) is 4.90 Å². The van der Waals surface area contributed by atoms with E-state index in [4.69, 9.17) is 0 Å². The van der Waals surface area contributed by atoms with Gasteiger partial charge in [-0.15, -0.1) is 0 Å². The molecule has 106 valence electrons. The average molecular weight is 260 g/mol. The summed E-state index contributed by atoms with van der Waals surface area (Å²) in [4.78, 5) is 2.68. The lowest BCUT2D eigenvalue weighted by Gasteiger charge is -2.48. The van der Waals surface area contributed by atoms with E-state index in [9.17, 15) is 0 Å². The van der Waals surface area contributed by atoms with E-state index in [0.29, 0.717) is 6.04 Å². The van der Waals surface area contributed by atoms with Crippen LogP contribution in [0.2, 0.25) is 0 Å². The highest BCUT2D eigenvalue weighted by atomic mass is 15.3. The van der Waals surface area contributed by atoms with Crippen molar-refractivity contribution >= 4 is 0 Å². The van der Waals surface area contributed by atoms with Crippen LogP contribution in [0.25, 0.3) is 0 Å². The lowest BCUT2D eigenvalue weighted by atomic mass is 9.86. The summed E-state index contributed by atoms with van der Waals surface area (Å²) >= 11 is 0. The summed E-state index contributed by atoms with van der Waals surface area (Å²) in [5.41, 5.74) is 1.55. The van der Waals surface area contributed by atoms with Crippen molar-refractivity contribution in [1.82, 2.24) is 10.2 Å². The molecule has 0 radical (unpaired) electrons. The standard InChI is InChI=1S/C17H28N2/c1-5-14(2)11-19-12-15(3)18-13-17(19,4)16-9-7-6-8-10-16/h6-10,14-15,18H,5,11-13H2,1-4H3. The number of hydrogen-bond acceptors (Lipinski definition) is 2. The topological polar surface area (TPSA) is 15.3 Å². The molecular formula is C17H28N2. The third-order valence-corrected chi connectivity index (χ3v) is 4.61. The van der Waals surface area contributed by atoms with Crippen LogP contribution < -0.4 is 5.32 Å². The molecule has 1 aliphatic rings. The predicted octanol–water partition coefficient (Wildman–Crippen LogP) is 3.24. The molecule has 19 heavy (non-hydrogen) atoms. The van der Waals surface area contributed by atoms with Gasteiger partial charge in [0.05, 0.1) is 5.54 Å². The maximum atomic E-state index is 3.65. The van der Waals surface area contributed by atoms with Crippen molar-refractivity contribution in [3.63, 3.8) is 0 Å². The van der Waals surface area contributed by atoms with Gasteiger partial charge in [0, 0.05) is 25.7 Å². The summed E-state index contributed by atoms with van der Waals surface area (Å²) in [7, 11) is 0. The summed E-state index contributed by atoms with van der Waals surface area (Å²) in [5, 5.41) is 3.65. The molecule has 0 aliphatic carbocycles. The molecule has 3 atom stereocenters. The van der Waals surface area contributed by atoms with Crippen LogP contribution in [0.4, 0.5) is 0 Å². The Morgan fingerprint density at radius 3 is 2.68 bits per heavy atom. The van der Waals surface area contributed by atoms with Crippen LogP contribution in [-0.4, -0.2) is 30.6 Å². The normalized spacial score (nSPS) is 30.2. The Morgan fingerprint density at radius 2 is 2.05 bits per heavy atom. The highest BCUT2D eigenvalue weighted by molar-refractivity contribution is 5.25. The minimum absolute atomic E-state index is 0.122. The molecule has 1 N–H and O–H groups in total. The van der Waals surface area contributed by atoms with E-state index in [0.717, 1.165) is 19.0 Å². The van der Waals surface area contributed by atoms with Crippen molar-refractivity contribution in [1.29, 1.82) is 0 Å². The number of rotatable bonds is 4. The molecule has 2 rings (SSSR count). The van der Waals surface area contributed by atoms with Gasteiger partial charge < -0.3 is 5.32 Å². The quantitative estimate of drug-likeness (QED) is 0.894. The third kappa shape index (κ3) is 3.18. The van der Waals surface area contributed by atoms with Crippen molar-refractivity contribution in [3.8, 4) is 0 Å². The molecule has 1 saturated heterocycles. The van der Waals surface area contributed by atoms with E-state index in [1.165, 1.54) is 18.5 Å². The lowest BCUT2D eigenvalue weighted by molar-refractivity contribution is 0.0401. The van der Waals surface area contributed by atoms with E-state index in [1.54, 1.807) is 0 Å². The van der Waals surface area contributed by atoms with Gasteiger partial charge >= 0.3 is 0 Å². The van der Waals surface area contributed by atoms with E-state index < -0.39 is 0 Å². The molecule has 0 amide bonds. The van der Waals surface area contributed by atoms with E-state index in [1.807, 2.05) is 0 Å². The maximum Gasteiger partial charge on any atom is 0.0558 e. The van der Waals surface area contributed by atoms with Gasteiger partial charge in [-0.1, -0.05) is 50.6 Å². The van der Waals surface area contributed by atoms with Gasteiger partial charge in [-0.2, -0.15) is 0 Å². The zero-order valence-electron chi connectivity index (χ0n) is 12.8. The Morgan fingerprint density at radius 1 is 1.37 bits per heavy atom. The van der Waals surface area contributed by atoms with Gasteiger partial charge in [0.1, 0.15) is 0 Å². The molecule has 2 nitrogen and oxygen atoms in total. The van der Waals surface area contributed by atoms with Crippen molar-refractivity contribution in [2.24, 2.45) is 5.92 Å². The smallest absolute Gasteiger partial charge is 0.0558 e. The lowest BCUT2D eigenvalue weighted by Crippen LogP contribution is -2.61. The Labute approximate surface area is 118 Å². The molecular weight excluding hydrogens is 232 g/mol. The number of benzene rings is 1. The molecule has 1 aliphatic heterocycles. The van der Waals surface area contributed by atoms with Gasteiger partial charge in [0.25, 0.3) is 0 Å². The van der Waals surface area contributed by atoms with Crippen LogP contribution in [0, 0.1) is 5.92 Å². The molecule has 1 fully saturated rings. The molecule has 2 heteroatoms. The van der Waals surface area contributed by atoms with Crippen molar-refractivity contribution < 1.29 is 0 Å². The summed E-state index contributed by atoms with van der Waals surface area (Å²) < 4.78 is 0. The minimum Gasteiger partial charge on any atom is -0.311 e. The SMILES string of the molecule is CCC(C)CN1CC(C)NCC1(C)c1ccccc1. The molecule has 0 aromatic heterocycles. The first kappa shape index (κ1) is 14.5.